The number of fused-ring (bicyclic) bond motifs is 1. The zero-order chi connectivity index (χ0) is 17.3. The highest BCUT2D eigenvalue weighted by atomic mass is 35.5. The van der Waals surface area contributed by atoms with Gasteiger partial charge in [0.2, 0.25) is 5.82 Å². The molecular weight excluding hydrogens is 359 g/mol. The number of anilines is 2. The summed E-state index contributed by atoms with van der Waals surface area (Å²) in [5.41, 5.74) is 0.456. The number of hydrogen-bond donors (Lipinski definition) is 2. The normalized spacial score (nSPS) is 11.0. The molecule has 0 atom stereocenters. The van der Waals surface area contributed by atoms with Crippen LogP contribution in [0.5, 0.6) is 0 Å². The van der Waals surface area contributed by atoms with Crippen LogP contribution < -0.4 is 17.7 Å². The van der Waals surface area contributed by atoms with Gasteiger partial charge in [0.25, 0.3) is 0 Å². The quantitative estimate of drug-likeness (QED) is 0.724. The standard InChI is InChI=1S/C16H10F3N3O2.ClH/c17-16(18,19)15-21-12-7-2-1-6-11(12)13(22-15)20-10-5-3-4-9(8-10)14(23)24;/h1-8H,(H,23,24)(H,20,21,22);1H/p-1. The van der Waals surface area contributed by atoms with Gasteiger partial charge in [-0.05, 0) is 30.3 Å². The van der Waals surface area contributed by atoms with Crippen molar-refractivity contribution >= 4 is 28.4 Å². The van der Waals surface area contributed by atoms with Crippen LogP contribution >= 0.6 is 0 Å². The summed E-state index contributed by atoms with van der Waals surface area (Å²) in [5, 5.41) is 12.1. The van der Waals surface area contributed by atoms with Crippen LogP contribution in [0.25, 0.3) is 10.9 Å². The van der Waals surface area contributed by atoms with E-state index in [1.807, 2.05) is 0 Å². The van der Waals surface area contributed by atoms with Crippen LogP contribution in [-0.4, -0.2) is 21.0 Å². The monoisotopic (exact) mass is 368 g/mol. The number of para-hydroxylation sites is 1. The van der Waals surface area contributed by atoms with Gasteiger partial charge in [0.15, 0.2) is 0 Å². The molecule has 9 heteroatoms. The van der Waals surface area contributed by atoms with Crippen molar-refractivity contribution < 1.29 is 35.5 Å². The van der Waals surface area contributed by atoms with Gasteiger partial charge in [0.05, 0.1) is 11.1 Å². The predicted molar refractivity (Wildman–Crippen MR) is 81.2 cm³/mol. The van der Waals surface area contributed by atoms with E-state index in [9.17, 15) is 18.0 Å². The van der Waals surface area contributed by atoms with E-state index < -0.39 is 18.0 Å². The maximum atomic E-state index is 13.0. The Morgan fingerprint density at radius 1 is 1.04 bits per heavy atom. The maximum absolute atomic E-state index is 13.0. The Kier molecular flexibility index (Phi) is 5.13. The van der Waals surface area contributed by atoms with Crippen LogP contribution in [0.3, 0.4) is 0 Å². The molecule has 0 amide bonds. The van der Waals surface area contributed by atoms with Crippen molar-refractivity contribution in [1.29, 1.82) is 0 Å². The maximum Gasteiger partial charge on any atom is 0.451 e. The van der Waals surface area contributed by atoms with Crippen LogP contribution in [0.15, 0.2) is 48.5 Å². The highest BCUT2D eigenvalue weighted by Crippen LogP contribution is 2.31. The first-order valence-corrected chi connectivity index (χ1v) is 6.79. The van der Waals surface area contributed by atoms with Gasteiger partial charge < -0.3 is 22.8 Å². The molecule has 2 N–H and O–H groups in total. The summed E-state index contributed by atoms with van der Waals surface area (Å²) >= 11 is 0. The number of alkyl halides is 3. The molecule has 0 radical (unpaired) electrons. The molecule has 0 unspecified atom stereocenters. The van der Waals surface area contributed by atoms with Crippen molar-refractivity contribution in [2.45, 2.75) is 6.18 Å². The summed E-state index contributed by atoms with van der Waals surface area (Å²) in [5.74, 6) is -2.45. The molecule has 1 aromatic heterocycles. The van der Waals surface area contributed by atoms with Gasteiger partial charge in [-0.3, -0.25) is 0 Å². The Balaban J connectivity index is 0.00000225. The summed E-state index contributed by atoms with van der Waals surface area (Å²) in [6, 6.07) is 12.0. The average Bonchev–Trinajstić information content (AvgIpc) is 2.54. The molecule has 1 heterocycles. The molecule has 0 saturated heterocycles. The number of carboxylic acids is 1. The molecule has 5 nitrogen and oxygen atoms in total. The lowest BCUT2D eigenvalue weighted by atomic mass is 10.2. The van der Waals surface area contributed by atoms with E-state index >= 15 is 0 Å². The van der Waals surface area contributed by atoms with Crippen molar-refractivity contribution in [3.8, 4) is 0 Å². The molecule has 0 bridgehead atoms. The number of carboxylic acid groups (broad SMARTS) is 1. The molecule has 0 saturated carbocycles. The van der Waals surface area contributed by atoms with E-state index in [0.717, 1.165) is 0 Å². The van der Waals surface area contributed by atoms with Crippen molar-refractivity contribution in [1.82, 2.24) is 9.97 Å². The van der Waals surface area contributed by atoms with Gasteiger partial charge in [-0.2, -0.15) is 13.2 Å². The van der Waals surface area contributed by atoms with Gasteiger partial charge in [0.1, 0.15) is 5.82 Å². The van der Waals surface area contributed by atoms with Crippen LogP contribution in [0.1, 0.15) is 16.2 Å². The summed E-state index contributed by atoms with van der Waals surface area (Å²) in [6.07, 6.45) is -4.69. The van der Waals surface area contributed by atoms with Crippen LogP contribution in [0.2, 0.25) is 0 Å². The fourth-order valence-electron chi connectivity index (χ4n) is 2.17. The van der Waals surface area contributed by atoms with Gasteiger partial charge in [-0.25, -0.2) is 14.8 Å². The fraction of sp³-hybridized carbons (Fsp3) is 0.0625. The highest BCUT2D eigenvalue weighted by molar-refractivity contribution is 5.92. The zero-order valence-electron chi connectivity index (χ0n) is 12.4. The van der Waals surface area contributed by atoms with Crippen molar-refractivity contribution in [2.24, 2.45) is 0 Å². The number of nitrogens with zero attached hydrogens (tertiary/aromatic N) is 2. The van der Waals surface area contributed by atoms with E-state index in [2.05, 4.69) is 15.3 Å². The Bertz CT molecular complexity index is 932. The number of carbonyl (C=O) groups is 1. The lowest BCUT2D eigenvalue weighted by molar-refractivity contribution is -0.144. The number of aromatic carboxylic acids is 1. The third kappa shape index (κ3) is 3.97. The smallest absolute Gasteiger partial charge is 0.451 e. The van der Waals surface area contributed by atoms with E-state index in [4.69, 9.17) is 5.11 Å². The Morgan fingerprint density at radius 2 is 1.76 bits per heavy atom. The van der Waals surface area contributed by atoms with Crippen LogP contribution in [0, 0.1) is 0 Å². The summed E-state index contributed by atoms with van der Waals surface area (Å²) in [6.45, 7) is 0. The Labute approximate surface area is 145 Å². The van der Waals surface area contributed by atoms with Gasteiger partial charge >= 0.3 is 12.1 Å². The third-order valence-corrected chi connectivity index (χ3v) is 3.23. The fourth-order valence-corrected chi connectivity index (χ4v) is 2.17. The number of rotatable bonds is 3. The lowest BCUT2D eigenvalue weighted by Crippen LogP contribution is -3.00. The molecule has 25 heavy (non-hydrogen) atoms. The molecule has 0 aliphatic rings. The minimum Gasteiger partial charge on any atom is -1.00 e. The summed E-state index contributed by atoms with van der Waals surface area (Å²) < 4.78 is 38.9. The van der Waals surface area contributed by atoms with E-state index in [1.165, 1.54) is 30.3 Å². The highest BCUT2D eigenvalue weighted by Gasteiger charge is 2.35. The number of halogens is 4. The molecule has 2 aromatic carbocycles. The second-order valence-electron chi connectivity index (χ2n) is 4.92. The minimum atomic E-state index is -4.69. The van der Waals surface area contributed by atoms with E-state index in [1.54, 1.807) is 18.2 Å². The third-order valence-electron chi connectivity index (χ3n) is 3.23. The van der Waals surface area contributed by atoms with Crippen LogP contribution in [-0.2, 0) is 6.18 Å². The predicted octanol–water partition coefficient (Wildman–Crippen LogP) is 1.09. The molecular formula is C16H10ClF3N3O2-. The van der Waals surface area contributed by atoms with Crippen molar-refractivity contribution in [3.05, 3.63) is 59.9 Å². The Morgan fingerprint density at radius 3 is 2.44 bits per heavy atom. The first-order valence-electron chi connectivity index (χ1n) is 6.79. The molecule has 0 spiro atoms. The number of hydrogen-bond acceptors (Lipinski definition) is 4. The molecule has 0 aliphatic heterocycles. The second-order valence-corrected chi connectivity index (χ2v) is 4.92. The molecule has 3 aromatic rings. The minimum absolute atomic E-state index is 0. The number of nitrogens with one attached hydrogen (secondary N) is 1. The number of benzene rings is 2. The van der Waals surface area contributed by atoms with Crippen LogP contribution in [0.4, 0.5) is 24.7 Å². The van der Waals surface area contributed by atoms with Gasteiger partial charge in [-0.1, -0.05) is 18.2 Å². The van der Waals surface area contributed by atoms with Gasteiger partial charge in [-0.15, -0.1) is 0 Å². The largest absolute Gasteiger partial charge is 1.00 e. The zero-order valence-corrected chi connectivity index (χ0v) is 13.1. The van der Waals surface area contributed by atoms with E-state index in [-0.39, 0.29) is 29.3 Å². The molecule has 3 rings (SSSR count). The van der Waals surface area contributed by atoms with Crippen molar-refractivity contribution in [2.75, 3.05) is 5.32 Å². The van der Waals surface area contributed by atoms with Crippen molar-refractivity contribution in [3.63, 3.8) is 0 Å². The first kappa shape index (κ1) is 18.5. The van der Waals surface area contributed by atoms with Gasteiger partial charge in [0, 0.05) is 11.1 Å². The average molecular weight is 369 g/mol. The lowest BCUT2D eigenvalue weighted by Gasteiger charge is -2.12. The SMILES string of the molecule is O=C(O)c1cccc(Nc2nc(C(F)(F)F)nc3ccccc23)c1.[Cl-]. The topological polar surface area (TPSA) is 75.1 Å². The number of aromatic nitrogens is 2. The van der Waals surface area contributed by atoms with E-state index in [0.29, 0.717) is 11.1 Å². The molecule has 0 fully saturated rings. The summed E-state index contributed by atoms with van der Waals surface area (Å²) in [4.78, 5) is 18.1. The Hall–Kier alpha value is -2.87. The first-order chi connectivity index (χ1) is 11.3. The summed E-state index contributed by atoms with van der Waals surface area (Å²) in [7, 11) is 0. The molecule has 130 valence electrons. The second kappa shape index (κ2) is 6.94. The molecule has 0 aliphatic carbocycles.